The zero-order valence-electron chi connectivity index (χ0n) is 15.9. The molecule has 0 bridgehead atoms. The molecule has 0 aliphatic heterocycles. The van der Waals surface area contributed by atoms with Gasteiger partial charge in [-0.2, -0.15) is 0 Å². The predicted octanol–water partition coefficient (Wildman–Crippen LogP) is 5.46. The highest BCUT2D eigenvalue weighted by Gasteiger charge is 2.31. The molecule has 0 amide bonds. The second-order valence-corrected chi connectivity index (χ2v) is 7.85. The molecule has 30 heavy (non-hydrogen) atoms. The molecule has 3 heterocycles. The van der Waals surface area contributed by atoms with Gasteiger partial charge in [-0.25, -0.2) is 4.79 Å². The van der Waals surface area contributed by atoms with Crippen LogP contribution in [0.15, 0.2) is 67.0 Å². The molecule has 0 atom stereocenters. The summed E-state index contributed by atoms with van der Waals surface area (Å²) in [4.78, 5) is 29.1. The number of nitrogens with zero attached hydrogens (tertiary/aromatic N) is 2. The molecule has 0 spiro atoms. The van der Waals surface area contributed by atoms with Crippen LogP contribution in [0, 0.1) is 0 Å². The van der Waals surface area contributed by atoms with E-state index in [0.717, 1.165) is 29.5 Å². The predicted molar refractivity (Wildman–Crippen MR) is 114 cm³/mol. The number of aromatic nitrogens is 2. The molecule has 1 aromatic carbocycles. The Labute approximate surface area is 177 Å². The monoisotopic (exact) mass is 416 g/mol. The molecular formula is C24H17ClN2O3. The van der Waals surface area contributed by atoms with Crippen LogP contribution in [0.25, 0.3) is 16.8 Å². The van der Waals surface area contributed by atoms with Crippen molar-refractivity contribution in [3.8, 4) is 11.3 Å². The van der Waals surface area contributed by atoms with Crippen LogP contribution in [-0.4, -0.2) is 26.2 Å². The number of pyridine rings is 2. The van der Waals surface area contributed by atoms with Crippen molar-refractivity contribution in [1.29, 1.82) is 0 Å². The van der Waals surface area contributed by atoms with Crippen molar-refractivity contribution < 1.29 is 14.7 Å². The molecule has 0 saturated heterocycles. The zero-order valence-corrected chi connectivity index (χ0v) is 16.6. The van der Waals surface area contributed by atoms with Gasteiger partial charge >= 0.3 is 5.97 Å². The SMILES string of the molecule is O=C(O)c1ccc(-c2cc(C(=O)c3c(Cl)cccc3C3CC3)n3ccccc23)nc1. The van der Waals surface area contributed by atoms with Gasteiger partial charge in [0.2, 0.25) is 5.78 Å². The average molecular weight is 417 g/mol. The van der Waals surface area contributed by atoms with E-state index in [9.17, 15) is 9.59 Å². The van der Waals surface area contributed by atoms with Crippen molar-refractivity contribution in [2.75, 3.05) is 0 Å². The van der Waals surface area contributed by atoms with Crippen LogP contribution in [-0.2, 0) is 0 Å². The summed E-state index contributed by atoms with van der Waals surface area (Å²) in [5.74, 6) is -0.770. The van der Waals surface area contributed by atoms with E-state index in [-0.39, 0.29) is 11.3 Å². The molecule has 4 aromatic rings. The Hall–Kier alpha value is -3.44. The van der Waals surface area contributed by atoms with Crippen LogP contribution < -0.4 is 0 Å². The van der Waals surface area contributed by atoms with Crippen molar-refractivity contribution in [2.24, 2.45) is 0 Å². The number of benzene rings is 1. The van der Waals surface area contributed by atoms with Gasteiger partial charge in [-0.05, 0) is 60.7 Å². The maximum Gasteiger partial charge on any atom is 0.337 e. The van der Waals surface area contributed by atoms with Crippen LogP contribution in [0.5, 0.6) is 0 Å². The van der Waals surface area contributed by atoms with E-state index in [2.05, 4.69) is 4.98 Å². The third-order valence-electron chi connectivity index (χ3n) is 5.49. The van der Waals surface area contributed by atoms with Gasteiger partial charge in [-0.15, -0.1) is 0 Å². The maximum absolute atomic E-state index is 13.6. The smallest absolute Gasteiger partial charge is 0.337 e. The first-order valence-corrected chi connectivity index (χ1v) is 10.1. The first-order valence-electron chi connectivity index (χ1n) is 9.67. The Morgan fingerprint density at radius 3 is 2.60 bits per heavy atom. The Balaban J connectivity index is 1.67. The molecular weight excluding hydrogens is 400 g/mol. The highest BCUT2D eigenvalue weighted by Crippen LogP contribution is 2.44. The van der Waals surface area contributed by atoms with E-state index >= 15 is 0 Å². The molecule has 0 unspecified atom stereocenters. The Morgan fingerprint density at radius 2 is 1.90 bits per heavy atom. The lowest BCUT2D eigenvalue weighted by Crippen LogP contribution is -2.08. The largest absolute Gasteiger partial charge is 0.478 e. The van der Waals surface area contributed by atoms with Gasteiger partial charge in [-0.3, -0.25) is 9.78 Å². The van der Waals surface area contributed by atoms with E-state index in [4.69, 9.17) is 16.7 Å². The number of fused-ring (bicyclic) bond motifs is 1. The fourth-order valence-electron chi connectivity index (χ4n) is 3.86. The molecule has 0 radical (unpaired) electrons. The van der Waals surface area contributed by atoms with Crippen molar-refractivity contribution in [1.82, 2.24) is 9.38 Å². The molecule has 1 aliphatic carbocycles. The lowest BCUT2D eigenvalue weighted by molar-refractivity contribution is 0.0696. The molecule has 148 valence electrons. The zero-order chi connectivity index (χ0) is 20.8. The van der Waals surface area contributed by atoms with Crippen LogP contribution in [0.3, 0.4) is 0 Å². The van der Waals surface area contributed by atoms with Crippen molar-refractivity contribution in [3.63, 3.8) is 0 Å². The van der Waals surface area contributed by atoms with Crippen molar-refractivity contribution >= 4 is 28.9 Å². The number of hydrogen-bond acceptors (Lipinski definition) is 3. The molecule has 5 rings (SSSR count). The standard InChI is InChI=1S/C24H17ClN2O3/c25-18-5-3-4-16(14-7-8-14)22(18)23(28)21-12-17(20-6-1-2-11-27(20)21)19-10-9-15(13-26-19)24(29)30/h1-6,9-14H,7-8H2,(H,29,30). The lowest BCUT2D eigenvalue weighted by atomic mass is 9.98. The first-order chi connectivity index (χ1) is 14.5. The number of halogens is 1. The number of aromatic carboxylic acids is 1. The summed E-state index contributed by atoms with van der Waals surface area (Å²) in [7, 11) is 0. The fourth-order valence-corrected chi connectivity index (χ4v) is 4.12. The third kappa shape index (κ3) is 3.08. The summed E-state index contributed by atoms with van der Waals surface area (Å²) >= 11 is 6.47. The number of hydrogen-bond donors (Lipinski definition) is 1. The first kappa shape index (κ1) is 18.6. The Kier molecular flexibility index (Phi) is 4.40. The molecule has 1 saturated carbocycles. The number of carboxylic acids is 1. The second-order valence-electron chi connectivity index (χ2n) is 7.44. The minimum Gasteiger partial charge on any atom is -0.478 e. The van der Waals surface area contributed by atoms with E-state index in [1.165, 1.54) is 12.3 Å². The third-order valence-corrected chi connectivity index (χ3v) is 5.80. The molecule has 6 heteroatoms. The number of carbonyl (C=O) groups is 2. The topological polar surface area (TPSA) is 71.7 Å². The van der Waals surface area contributed by atoms with Gasteiger partial charge in [-0.1, -0.05) is 29.8 Å². The van der Waals surface area contributed by atoms with Gasteiger partial charge in [0.15, 0.2) is 0 Å². The molecule has 1 N–H and O–H groups in total. The molecule has 3 aromatic heterocycles. The van der Waals surface area contributed by atoms with Gasteiger partial charge in [0.25, 0.3) is 0 Å². The Morgan fingerprint density at radius 1 is 1.07 bits per heavy atom. The highest BCUT2D eigenvalue weighted by molar-refractivity contribution is 6.35. The van der Waals surface area contributed by atoms with Crippen LogP contribution in [0.1, 0.15) is 50.7 Å². The van der Waals surface area contributed by atoms with Gasteiger partial charge in [0.05, 0.1) is 27.5 Å². The number of carbonyl (C=O) groups excluding carboxylic acids is 1. The average Bonchev–Trinajstić information content (AvgIpc) is 3.53. The van der Waals surface area contributed by atoms with Crippen LogP contribution >= 0.6 is 11.6 Å². The van der Waals surface area contributed by atoms with Gasteiger partial charge < -0.3 is 9.51 Å². The van der Waals surface area contributed by atoms with E-state index in [1.54, 1.807) is 18.2 Å². The maximum atomic E-state index is 13.6. The summed E-state index contributed by atoms with van der Waals surface area (Å²) in [5, 5.41) is 9.58. The quantitative estimate of drug-likeness (QED) is 0.438. The number of carboxylic acid groups (broad SMARTS) is 1. The minimum atomic E-state index is -1.03. The van der Waals surface area contributed by atoms with Crippen LogP contribution in [0.4, 0.5) is 0 Å². The molecule has 1 fully saturated rings. The van der Waals surface area contributed by atoms with Gasteiger partial charge in [0.1, 0.15) is 0 Å². The van der Waals surface area contributed by atoms with E-state index in [1.807, 2.05) is 40.9 Å². The summed E-state index contributed by atoms with van der Waals surface area (Å²) < 4.78 is 1.84. The van der Waals surface area contributed by atoms with E-state index < -0.39 is 5.97 Å². The van der Waals surface area contributed by atoms with Crippen molar-refractivity contribution in [3.05, 3.63) is 94.4 Å². The van der Waals surface area contributed by atoms with Crippen molar-refractivity contribution in [2.45, 2.75) is 18.8 Å². The van der Waals surface area contributed by atoms with Crippen LogP contribution in [0.2, 0.25) is 5.02 Å². The number of ketones is 1. The van der Waals surface area contributed by atoms with Gasteiger partial charge in [0, 0.05) is 23.5 Å². The summed E-state index contributed by atoms with van der Waals surface area (Å²) in [5.41, 5.74) is 4.36. The highest BCUT2D eigenvalue weighted by atomic mass is 35.5. The summed E-state index contributed by atoms with van der Waals surface area (Å²) in [6, 6.07) is 16.3. The second kappa shape index (κ2) is 7.11. The summed E-state index contributed by atoms with van der Waals surface area (Å²) in [6.45, 7) is 0. The summed E-state index contributed by atoms with van der Waals surface area (Å²) in [6.07, 6.45) is 5.30. The normalized spacial score (nSPS) is 13.5. The molecule has 5 nitrogen and oxygen atoms in total. The lowest BCUT2D eigenvalue weighted by Gasteiger charge is -2.10. The fraction of sp³-hybridized carbons (Fsp3) is 0.125. The minimum absolute atomic E-state index is 0.115. The van der Waals surface area contributed by atoms with E-state index in [0.29, 0.717) is 27.9 Å². The molecule has 1 aliphatic rings. The number of rotatable bonds is 5. The Bertz CT molecular complexity index is 1300.